The van der Waals surface area contributed by atoms with Crippen LogP contribution in [-0.4, -0.2) is 32.3 Å². The largest absolute Gasteiger partial charge is 0.494 e. The number of aromatic carboxylic acids is 1. The molecule has 0 atom stereocenters. The molecule has 2 heterocycles. The average molecular weight is 375 g/mol. The van der Waals surface area contributed by atoms with Crippen molar-refractivity contribution in [2.24, 2.45) is 13.0 Å². The van der Waals surface area contributed by atoms with Crippen molar-refractivity contribution in [2.45, 2.75) is 19.4 Å². The number of hydrogen-bond acceptors (Lipinski definition) is 3. The summed E-state index contributed by atoms with van der Waals surface area (Å²) in [5, 5.41) is 10.6. The van der Waals surface area contributed by atoms with E-state index in [4.69, 9.17) is 9.72 Å². The van der Waals surface area contributed by atoms with Gasteiger partial charge in [-0.2, -0.15) is 0 Å². The third-order valence-corrected chi connectivity index (χ3v) is 5.58. The van der Waals surface area contributed by atoms with Gasteiger partial charge in [0.15, 0.2) is 5.82 Å². The first-order valence-electron chi connectivity index (χ1n) is 9.43. The highest BCUT2D eigenvalue weighted by molar-refractivity contribution is 5.96. The van der Waals surface area contributed by atoms with Gasteiger partial charge in [0, 0.05) is 24.5 Å². The number of benzene rings is 2. The van der Waals surface area contributed by atoms with Crippen molar-refractivity contribution in [3.63, 3.8) is 0 Å². The molecule has 1 aliphatic rings. The van der Waals surface area contributed by atoms with Crippen LogP contribution in [0.5, 0.6) is 5.75 Å². The number of aromatic nitrogens is 3. The Hall–Kier alpha value is -3.28. The average Bonchev–Trinajstić information content (AvgIpc) is 3.36. The standard InChI is InChI=1S/C22H21N3O3/c1-24-20-16(9-15(22(26)27)11-19(20)28-2)23-21(24)18-10-14-5-3-4-6-17(14)25(18)12-13-7-8-13/h3-6,9-11,13H,7-8,12H2,1-2H3,(H,26,27). The van der Waals surface area contributed by atoms with Crippen LogP contribution in [0.3, 0.4) is 0 Å². The van der Waals surface area contributed by atoms with Gasteiger partial charge < -0.3 is 19.0 Å². The van der Waals surface area contributed by atoms with E-state index >= 15 is 0 Å². The number of methoxy groups -OCH3 is 1. The van der Waals surface area contributed by atoms with Crippen molar-refractivity contribution in [1.29, 1.82) is 0 Å². The molecule has 6 nitrogen and oxygen atoms in total. The summed E-state index contributed by atoms with van der Waals surface area (Å²) >= 11 is 0. The molecule has 0 unspecified atom stereocenters. The molecule has 142 valence electrons. The van der Waals surface area contributed by atoms with Crippen molar-refractivity contribution in [3.05, 3.63) is 48.0 Å². The van der Waals surface area contributed by atoms with E-state index in [9.17, 15) is 9.90 Å². The van der Waals surface area contributed by atoms with Gasteiger partial charge in [-0.05, 0) is 43.0 Å². The number of ether oxygens (including phenoxy) is 1. The van der Waals surface area contributed by atoms with E-state index in [0.717, 1.165) is 29.5 Å². The van der Waals surface area contributed by atoms with Crippen LogP contribution in [0.1, 0.15) is 23.2 Å². The summed E-state index contributed by atoms with van der Waals surface area (Å²) in [6, 6.07) is 13.7. The van der Waals surface area contributed by atoms with Crippen LogP contribution in [0, 0.1) is 5.92 Å². The zero-order valence-corrected chi connectivity index (χ0v) is 15.8. The molecule has 1 N–H and O–H groups in total. The zero-order chi connectivity index (χ0) is 19.4. The highest BCUT2D eigenvalue weighted by Crippen LogP contribution is 2.37. The minimum Gasteiger partial charge on any atom is -0.494 e. The highest BCUT2D eigenvalue weighted by Gasteiger charge is 2.26. The second kappa shape index (κ2) is 6.12. The van der Waals surface area contributed by atoms with E-state index in [2.05, 4.69) is 28.8 Å². The number of hydrogen-bond donors (Lipinski definition) is 1. The summed E-state index contributed by atoms with van der Waals surface area (Å²) < 4.78 is 9.82. The number of carboxylic acid groups (broad SMARTS) is 1. The fraction of sp³-hybridized carbons (Fsp3) is 0.273. The lowest BCUT2D eigenvalue weighted by Gasteiger charge is -2.11. The first kappa shape index (κ1) is 16.9. The Bertz CT molecular complexity index is 1230. The molecule has 0 spiro atoms. The van der Waals surface area contributed by atoms with Gasteiger partial charge in [0.25, 0.3) is 0 Å². The number of nitrogens with zero attached hydrogens (tertiary/aromatic N) is 3. The number of carbonyl (C=O) groups is 1. The van der Waals surface area contributed by atoms with Crippen molar-refractivity contribution >= 4 is 27.9 Å². The molecule has 4 aromatic rings. The van der Waals surface area contributed by atoms with Gasteiger partial charge in [0.2, 0.25) is 0 Å². The van der Waals surface area contributed by atoms with Crippen LogP contribution in [0.25, 0.3) is 33.5 Å². The smallest absolute Gasteiger partial charge is 0.335 e. The Kier molecular flexibility index (Phi) is 3.69. The molecular weight excluding hydrogens is 354 g/mol. The number of carboxylic acids is 1. The molecule has 2 aromatic heterocycles. The maximum atomic E-state index is 11.5. The first-order valence-corrected chi connectivity index (χ1v) is 9.43. The van der Waals surface area contributed by atoms with Gasteiger partial charge in [-0.15, -0.1) is 0 Å². The van der Waals surface area contributed by atoms with E-state index in [1.54, 1.807) is 19.2 Å². The molecule has 6 heteroatoms. The Labute approximate surface area is 162 Å². The normalized spacial score (nSPS) is 14.1. The minimum atomic E-state index is -0.991. The van der Waals surface area contributed by atoms with Crippen LogP contribution in [0.15, 0.2) is 42.5 Å². The molecule has 0 radical (unpaired) electrons. The third kappa shape index (κ3) is 2.56. The topological polar surface area (TPSA) is 69.3 Å². The van der Waals surface area contributed by atoms with E-state index < -0.39 is 5.97 Å². The van der Waals surface area contributed by atoms with E-state index in [-0.39, 0.29) is 5.56 Å². The molecule has 28 heavy (non-hydrogen) atoms. The number of imidazole rings is 1. The molecule has 0 bridgehead atoms. The van der Waals surface area contributed by atoms with Gasteiger partial charge in [-0.25, -0.2) is 9.78 Å². The lowest BCUT2D eigenvalue weighted by atomic mass is 10.2. The zero-order valence-electron chi connectivity index (χ0n) is 15.8. The maximum Gasteiger partial charge on any atom is 0.335 e. The summed E-state index contributed by atoms with van der Waals surface area (Å²) in [5.74, 6) is 1.06. The number of para-hydroxylation sites is 1. The Balaban J connectivity index is 1.77. The van der Waals surface area contributed by atoms with Gasteiger partial charge in [0.1, 0.15) is 11.3 Å². The Morgan fingerprint density at radius 3 is 2.75 bits per heavy atom. The molecule has 2 aromatic carbocycles. The second-order valence-corrected chi connectivity index (χ2v) is 7.49. The number of fused-ring (bicyclic) bond motifs is 2. The van der Waals surface area contributed by atoms with Crippen LogP contribution < -0.4 is 4.74 Å². The van der Waals surface area contributed by atoms with Gasteiger partial charge in [-0.3, -0.25) is 0 Å². The first-order chi connectivity index (χ1) is 13.6. The summed E-state index contributed by atoms with van der Waals surface area (Å²) in [7, 11) is 3.50. The molecule has 1 fully saturated rings. The van der Waals surface area contributed by atoms with Crippen molar-refractivity contribution in [2.75, 3.05) is 7.11 Å². The molecule has 0 saturated heterocycles. The third-order valence-electron chi connectivity index (χ3n) is 5.58. The fourth-order valence-corrected chi connectivity index (χ4v) is 3.97. The molecular formula is C22H21N3O3. The monoisotopic (exact) mass is 375 g/mol. The van der Waals surface area contributed by atoms with Crippen LogP contribution in [-0.2, 0) is 13.6 Å². The van der Waals surface area contributed by atoms with Gasteiger partial charge >= 0.3 is 5.97 Å². The highest BCUT2D eigenvalue weighted by atomic mass is 16.5. The van der Waals surface area contributed by atoms with Crippen LogP contribution in [0.4, 0.5) is 0 Å². The van der Waals surface area contributed by atoms with Gasteiger partial charge in [0.05, 0.1) is 23.9 Å². The van der Waals surface area contributed by atoms with E-state index in [0.29, 0.717) is 11.3 Å². The summed E-state index contributed by atoms with van der Waals surface area (Å²) in [4.78, 5) is 16.3. The lowest BCUT2D eigenvalue weighted by Crippen LogP contribution is -2.04. The lowest BCUT2D eigenvalue weighted by molar-refractivity contribution is 0.0696. The van der Waals surface area contributed by atoms with Crippen LogP contribution >= 0.6 is 0 Å². The number of aryl methyl sites for hydroxylation is 1. The van der Waals surface area contributed by atoms with E-state index in [1.165, 1.54) is 23.7 Å². The van der Waals surface area contributed by atoms with Crippen LogP contribution in [0.2, 0.25) is 0 Å². The van der Waals surface area contributed by atoms with Crippen molar-refractivity contribution in [1.82, 2.24) is 14.1 Å². The van der Waals surface area contributed by atoms with E-state index in [1.807, 2.05) is 17.7 Å². The quantitative estimate of drug-likeness (QED) is 0.564. The number of rotatable bonds is 5. The molecule has 0 amide bonds. The van der Waals surface area contributed by atoms with Crippen molar-refractivity contribution in [3.8, 4) is 17.3 Å². The van der Waals surface area contributed by atoms with Gasteiger partial charge in [-0.1, -0.05) is 18.2 Å². The predicted octanol–water partition coefficient (Wildman–Crippen LogP) is 4.31. The predicted molar refractivity (Wildman–Crippen MR) is 108 cm³/mol. The maximum absolute atomic E-state index is 11.5. The summed E-state index contributed by atoms with van der Waals surface area (Å²) in [6.45, 7) is 0.976. The Morgan fingerprint density at radius 1 is 1.25 bits per heavy atom. The second-order valence-electron chi connectivity index (χ2n) is 7.49. The molecule has 1 saturated carbocycles. The van der Waals surface area contributed by atoms with Crippen molar-refractivity contribution < 1.29 is 14.6 Å². The summed E-state index contributed by atoms with van der Waals surface area (Å²) in [5.41, 5.74) is 3.84. The summed E-state index contributed by atoms with van der Waals surface area (Å²) in [6.07, 6.45) is 2.54. The SMILES string of the molecule is COc1cc(C(=O)O)cc2nc(-c3cc4ccccc4n3CC3CC3)n(C)c12. The molecule has 5 rings (SSSR count). The fourth-order valence-electron chi connectivity index (χ4n) is 3.97. The Morgan fingerprint density at radius 2 is 2.04 bits per heavy atom. The minimum absolute atomic E-state index is 0.174. The molecule has 1 aliphatic carbocycles. The molecule has 0 aliphatic heterocycles.